The fourth-order valence-electron chi connectivity index (χ4n) is 1.98. The normalized spacial score (nSPS) is 11.9. The molecule has 0 aliphatic heterocycles. The first-order valence-corrected chi connectivity index (χ1v) is 6.46. The highest BCUT2D eigenvalue weighted by atomic mass is 19.1. The Morgan fingerprint density at radius 2 is 1.85 bits per heavy atom. The highest BCUT2D eigenvalue weighted by molar-refractivity contribution is 5.94. The second-order valence-corrected chi connectivity index (χ2v) is 4.62. The number of benzene rings is 2. The smallest absolute Gasteiger partial charge is 0.251 e. The maximum atomic E-state index is 13.6. The average molecular weight is 272 g/mol. The topological polar surface area (TPSA) is 55.1 Å². The molecule has 2 aromatic rings. The first-order valence-electron chi connectivity index (χ1n) is 6.46. The lowest BCUT2D eigenvalue weighted by atomic mass is 10.1. The van der Waals surface area contributed by atoms with E-state index in [4.69, 9.17) is 5.73 Å². The van der Waals surface area contributed by atoms with E-state index in [0.29, 0.717) is 17.7 Å². The van der Waals surface area contributed by atoms with Gasteiger partial charge in [0.1, 0.15) is 5.82 Å². The monoisotopic (exact) mass is 272 g/mol. The van der Waals surface area contributed by atoms with Gasteiger partial charge in [-0.15, -0.1) is 0 Å². The molecular formula is C16H17FN2O. The first-order chi connectivity index (χ1) is 9.61. The van der Waals surface area contributed by atoms with E-state index in [1.807, 2.05) is 12.1 Å². The van der Waals surface area contributed by atoms with Crippen molar-refractivity contribution >= 4 is 5.91 Å². The van der Waals surface area contributed by atoms with Gasteiger partial charge in [0, 0.05) is 17.7 Å². The summed E-state index contributed by atoms with van der Waals surface area (Å²) >= 11 is 0. The zero-order valence-electron chi connectivity index (χ0n) is 11.3. The predicted molar refractivity (Wildman–Crippen MR) is 76.6 cm³/mol. The number of rotatable bonds is 4. The van der Waals surface area contributed by atoms with E-state index < -0.39 is 6.04 Å². The van der Waals surface area contributed by atoms with Gasteiger partial charge in [-0.2, -0.15) is 0 Å². The zero-order valence-corrected chi connectivity index (χ0v) is 11.3. The molecule has 1 atom stereocenters. The average Bonchev–Trinajstić information content (AvgIpc) is 2.47. The number of nitrogens with two attached hydrogens (primary N) is 1. The minimum atomic E-state index is -0.391. The van der Waals surface area contributed by atoms with Crippen molar-refractivity contribution < 1.29 is 9.18 Å². The molecule has 0 radical (unpaired) electrons. The van der Waals surface area contributed by atoms with Gasteiger partial charge >= 0.3 is 0 Å². The second-order valence-electron chi connectivity index (χ2n) is 4.62. The van der Waals surface area contributed by atoms with E-state index >= 15 is 0 Å². The van der Waals surface area contributed by atoms with Gasteiger partial charge in [-0.05, 0) is 30.7 Å². The summed E-state index contributed by atoms with van der Waals surface area (Å²) in [7, 11) is 0. The van der Waals surface area contributed by atoms with Crippen molar-refractivity contribution in [1.82, 2.24) is 5.32 Å². The lowest BCUT2D eigenvalue weighted by molar-refractivity contribution is 0.0939. The van der Waals surface area contributed by atoms with Crippen LogP contribution >= 0.6 is 0 Å². The maximum Gasteiger partial charge on any atom is 0.251 e. The van der Waals surface area contributed by atoms with E-state index in [1.54, 1.807) is 37.3 Å². The van der Waals surface area contributed by atoms with Crippen molar-refractivity contribution in [3.05, 3.63) is 71.0 Å². The summed E-state index contributed by atoms with van der Waals surface area (Å²) in [5.41, 5.74) is 7.47. The SMILES string of the molecule is CC(NC(=O)c1ccc(CN)cc1)c1ccccc1F. The van der Waals surface area contributed by atoms with Crippen LogP contribution in [-0.2, 0) is 6.54 Å². The van der Waals surface area contributed by atoms with Gasteiger partial charge in [0.25, 0.3) is 5.91 Å². The Morgan fingerprint density at radius 3 is 2.45 bits per heavy atom. The van der Waals surface area contributed by atoms with Gasteiger partial charge in [0.15, 0.2) is 0 Å². The van der Waals surface area contributed by atoms with Crippen molar-refractivity contribution in [2.75, 3.05) is 0 Å². The van der Waals surface area contributed by atoms with Crippen molar-refractivity contribution in [2.24, 2.45) is 5.73 Å². The van der Waals surface area contributed by atoms with Crippen LogP contribution in [0.2, 0.25) is 0 Å². The number of amides is 1. The van der Waals surface area contributed by atoms with Crippen LogP contribution in [0.5, 0.6) is 0 Å². The summed E-state index contributed by atoms with van der Waals surface area (Å²) < 4.78 is 13.6. The highest BCUT2D eigenvalue weighted by Gasteiger charge is 2.14. The first kappa shape index (κ1) is 14.2. The largest absolute Gasteiger partial charge is 0.345 e. The molecule has 0 aliphatic rings. The molecule has 0 bridgehead atoms. The summed E-state index contributed by atoms with van der Waals surface area (Å²) in [6, 6.07) is 13.1. The lowest BCUT2D eigenvalue weighted by Gasteiger charge is -2.15. The Morgan fingerprint density at radius 1 is 1.20 bits per heavy atom. The molecule has 20 heavy (non-hydrogen) atoms. The van der Waals surface area contributed by atoms with Crippen LogP contribution in [0, 0.1) is 5.82 Å². The number of hydrogen-bond donors (Lipinski definition) is 2. The maximum absolute atomic E-state index is 13.6. The van der Waals surface area contributed by atoms with Gasteiger partial charge in [-0.3, -0.25) is 4.79 Å². The molecule has 0 fully saturated rings. The third kappa shape index (κ3) is 3.22. The zero-order chi connectivity index (χ0) is 14.5. The molecule has 104 valence electrons. The Labute approximate surface area is 117 Å². The van der Waals surface area contributed by atoms with Crippen LogP contribution in [0.25, 0.3) is 0 Å². The Balaban J connectivity index is 2.09. The quantitative estimate of drug-likeness (QED) is 0.899. The molecule has 0 heterocycles. The molecule has 0 spiro atoms. The molecule has 3 N–H and O–H groups in total. The van der Waals surface area contributed by atoms with Crippen molar-refractivity contribution in [2.45, 2.75) is 19.5 Å². The molecular weight excluding hydrogens is 255 g/mol. The van der Waals surface area contributed by atoms with Crippen molar-refractivity contribution in [3.8, 4) is 0 Å². The van der Waals surface area contributed by atoms with E-state index in [1.165, 1.54) is 6.07 Å². The van der Waals surface area contributed by atoms with Crippen LogP contribution in [0.1, 0.15) is 34.5 Å². The number of carbonyl (C=O) groups is 1. The van der Waals surface area contributed by atoms with Crippen LogP contribution in [-0.4, -0.2) is 5.91 Å². The molecule has 2 rings (SSSR count). The fourth-order valence-corrected chi connectivity index (χ4v) is 1.98. The predicted octanol–water partition coefficient (Wildman–Crippen LogP) is 2.78. The molecule has 0 aliphatic carbocycles. The summed E-state index contributed by atoms with van der Waals surface area (Å²) in [6.07, 6.45) is 0. The van der Waals surface area contributed by atoms with E-state index in [0.717, 1.165) is 5.56 Å². The van der Waals surface area contributed by atoms with Crippen LogP contribution in [0.15, 0.2) is 48.5 Å². The van der Waals surface area contributed by atoms with Crippen LogP contribution < -0.4 is 11.1 Å². The fraction of sp³-hybridized carbons (Fsp3) is 0.188. The Bertz CT molecular complexity index is 596. The lowest BCUT2D eigenvalue weighted by Crippen LogP contribution is -2.27. The number of hydrogen-bond acceptors (Lipinski definition) is 2. The molecule has 0 saturated carbocycles. The standard InChI is InChI=1S/C16H17FN2O/c1-11(14-4-2-3-5-15(14)17)19-16(20)13-8-6-12(10-18)7-9-13/h2-9,11H,10,18H2,1H3,(H,19,20). The molecule has 1 unspecified atom stereocenters. The highest BCUT2D eigenvalue weighted by Crippen LogP contribution is 2.16. The minimum Gasteiger partial charge on any atom is -0.345 e. The molecule has 4 heteroatoms. The van der Waals surface area contributed by atoms with Crippen molar-refractivity contribution in [3.63, 3.8) is 0 Å². The van der Waals surface area contributed by atoms with Gasteiger partial charge < -0.3 is 11.1 Å². The summed E-state index contributed by atoms with van der Waals surface area (Å²) in [6.45, 7) is 2.19. The molecule has 1 amide bonds. The summed E-state index contributed by atoms with van der Waals surface area (Å²) in [5.74, 6) is -0.553. The summed E-state index contributed by atoms with van der Waals surface area (Å²) in [4.78, 5) is 12.1. The molecule has 2 aromatic carbocycles. The third-order valence-corrected chi connectivity index (χ3v) is 3.17. The molecule has 0 saturated heterocycles. The number of carbonyl (C=O) groups excluding carboxylic acids is 1. The molecule has 0 aromatic heterocycles. The molecule has 3 nitrogen and oxygen atoms in total. The summed E-state index contributed by atoms with van der Waals surface area (Å²) in [5, 5.41) is 2.78. The van der Waals surface area contributed by atoms with E-state index in [-0.39, 0.29) is 11.7 Å². The third-order valence-electron chi connectivity index (χ3n) is 3.17. The second kappa shape index (κ2) is 6.30. The van der Waals surface area contributed by atoms with E-state index in [9.17, 15) is 9.18 Å². The van der Waals surface area contributed by atoms with Gasteiger partial charge in [0.2, 0.25) is 0 Å². The Hall–Kier alpha value is -2.20. The van der Waals surface area contributed by atoms with Gasteiger partial charge in [-0.25, -0.2) is 4.39 Å². The van der Waals surface area contributed by atoms with Gasteiger partial charge in [-0.1, -0.05) is 30.3 Å². The van der Waals surface area contributed by atoms with Crippen LogP contribution in [0.4, 0.5) is 4.39 Å². The van der Waals surface area contributed by atoms with Gasteiger partial charge in [0.05, 0.1) is 6.04 Å². The Kier molecular flexibility index (Phi) is 4.48. The number of halogens is 1. The van der Waals surface area contributed by atoms with Crippen molar-refractivity contribution in [1.29, 1.82) is 0 Å². The van der Waals surface area contributed by atoms with E-state index in [2.05, 4.69) is 5.32 Å². The minimum absolute atomic E-state index is 0.232. The number of nitrogens with one attached hydrogen (secondary N) is 1. The van der Waals surface area contributed by atoms with Crippen LogP contribution in [0.3, 0.4) is 0 Å².